The fraction of sp³-hybridized carbons (Fsp3) is 0.333. The molecule has 0 fully saturated rings. The highest BCUT2D eigenvalue weighted by atomic mass is 32.2. The largest absolute Gasteiger partial charge is 0.493 e. The summed E-state index contributed by atoms with van der Waals surface area (Å²) in [7, 11) is 3.26. The van der Waals surface area contributed by atoms with Gasteiger partial charge in [0, 0.05) is 51.5 Å². The van der Waals surface area contributed by atoms with Gasteiger partial charge in [0.1, 0.15) is 0 Å². The van der Waals surface area contributed by atoms with Crippen LogP contribution in [0.5, 0.6) is 11.5 Å². The van der Waals surface area contributed by atoms with E-state index in [0.717, 1.165) is 30.8 Å². The first-order valence-electron chi connectivity index (χ1n) is 11.6. The molecular formula is C27H33N3O4S. The Morgan fingerprint density at radius 1 is 0.943 bits per heavy atom. The molecule has 7 nitrogen and oxygen atoms in total. The second-order valence-electron chi connectivity index (χ2n) is 8.86. The zero-order valence-corrected chi connectivity index (χ0v) is 21.5. The minimum atomic E-state index is -3.76. The average molecular weight is 496 g/mol. The normalized spacial score (nSPS) is 14.7. The van der Waals surface area contributed by atoms with Gasteiger partial charge in [0.15, 0.2) is 11.5 Å². The summed E-state index contributed by atoms with van der Waals surface area (Å²) in [5.74, 6) is 0.858. The lowest BCUT2D eigenvalue weighted by Gasteiger charge is -2.36. The maximum Gasteiger partial charge on any atom is 0.240 e. The molecule has 0 saturated heterocycles. The van der Waals surface area contributed by atoms with Gasteiger partial charge in [0.2, 0.25) is 10.0 Å². The molecule has 186 valence electrons. The van der Waals surface area contributed by atoms with Crippen LogP contribution in [0.1, 0.15) is 22.7 Å². The molecule has 1 aliphatic rings. The molecule has 0 aliphatic carbocycles. The SMILES string of the molecule is COc1ccc(S(=O)(=O)NC[C@H](c2ccc(N(C)C)cc2)N2CCc3ccccc3C2)cc1OC. The molecule has 4 rings (SSSR count). The molecule has 1 atom stereocenters. The van der Waals surface area contributed by atoms with E-state index >= 15 is 0 Å². The molecule has 1 N–H and O–H groups in total. The molecule has 0 radical (unpaired) electrons. The van der Waals surface area contributed by atoms with E-state index in [1.807, 2.05) is 14.1 Å². The molecule has 3 aromatic carbocycles. The summed E-state index contributed by atoms with van der Waals surface area (Å²) >= 11 is 0. The van der Waals surface area contributed by atoms with Crippen LogP contribution in [-0.4, -0.2) is 54.7 Å². The molecule has 35 heavy (non-hydrogen) atoms. The molecule has 0 aromatic heterocycles. The van der Waals surface area contributed by atoms with Crippen LogP contribution in [-0.2, 0) is 23.0 Å². The highest BCUT2D eigenvalue weighted by Crippen LogP contribution is 2.31. The van der Waals surface area contributed by atoms with Crippen molar-refractivity contribution in [2.45, 2.75) is 23.9 Å². The van der Waals surface area contributed by atoms with E-state index in [2.05, 4.69) is 63.1 Å². The van der Waals surface area contributed by atoms with Gasteiger partial charge in [0.05, 0.1) is 19.1 Å². The van der Waals surface area contributed by atoms with Crippen LogP contribution in [0.4, 0.5) is 5.69 Å². The third-order valence-corrected chi connectivity index (χ3v) is 7.95. The van der Waals surface area contributed by atoms with Crippen LogP contribution in [0, 0.1) is 0 Å². The average Bonchev–Trinajstić information content (AvgIpc) is 2.88. The third kappa shape index (κ3) is 5.61. The van der Waals surface area contributed by atoms with Crippen LogP contribution in [0.2, 0.25) is 0 Å². The number of hydrogen-bond acceptors (Lipinski definition) is 6. The Hall–Kier alpha value is -3.07. The predicted molar refractivity (Wildman–Crippen MR) is 139 cm³/mol. The van der Waals surface area contributed by atoms with Crippen molar-refractivity contribution in [3.8, 4) is 11.5 Å². The number of benzene rings is 3. The van der Waals surface area contributed by atoms with Crippen molar-refractivity contribution in [1.29, 1.82) is 0 Å². The Kier molecular flexibility index (Phi) is 7.64. The molecule has 0 bridgehead atoms. The van der Waals surface area contributed by atoms with Gasteiger partial charge in [-0.25, -0.2) is 13.1 Å². The predicted octanol–water partition coefficient (Wildman–Crippen LogP) is 3.85. The Labute approximate surface area is 208 Å². The quantitative estimate of drug-likeness (QED) is 0.486. The van der Waals surface area contributed by atoms with Crippen LogP contribution >= 0.6 is 0 Å². The van der Waals surface area contributed by atoms with Crippen LogP contribution in [0.25, 0.3) is 0 Å². The lowest BCUT2D eigenvalue weighted by molar-refractivity contribution is 0.180. The second-order valence-corrected chi connectivity index (χ2v) is 10.6. The lowest BCUT2D eigenvalue weighted by atomic mass is 9.96. The van der Waals surface area contributed by atoms with Gasteiger partial charge >= 0.3 is 0 Å². The van der Waals surface area contributed by atoms with Crippen LogP contribution in [0.3, 0.4) is 0 Å². The molecule has 0 unspecified atom stereocenters. The van der Waals surface area contributed by atoms with E-state index in [1.54, 1.807) is 6.07 Å². The number of fused-ring (bicyclic) bond motifs is 1. The smallest absolute Gasteiger partial charge is 0.240 e. The maximum absolute atomic E-state index is 13.2. The van der Waals surface area contributed by atoms with Crippen molar-refractivity contribution < 1.29 is 17.9 Å². The van der Waals surface area contributed by atoms with Gasteiger partial charge in [-0.15, -0.1) is 0 Å². The first kappa shape index (κ1) is 25.0. The van der Waals surface area contributed by atoms with Gasteiger partial charge in [-0.05, 0) is 47.4 Å². The number of sulfonamides is 1. The van der Waals surface area contributed by atoms with Gasteiger partial charge < -0.3 is 14.4 Å². The van der Waals surface area contributed by atoms with E-state index in [-0.39, 0.29) is 17.5 Å². The van der Waals surface area contributed by atoms with Gasteiger partial charge in [-0.1, -0.05) is 36.4 Å². The van der Waals surface area contributed by atoms with Gasteiger partial charge in [0.25, 0.3) is 0 Å². The number of anilines is 1. The van der Waals surface area contributed by atoms with E-state index in [4.69, 9.17) is 9.47 Å². The fourth-order valence-electron chi connectivity index (χ4n) is 4.49. The zero-order valence-electron chi connectivity index (χ0n) is 20.7. The zero-order chi connectivity index (χ0) is 25.0. The summed E-state index contributed by atoms with van der Waals surface area (Å²) in [5.41, 5.74) is 4.82. The highest BCUT2D eigenvalue weighted by molar-refractivity contribution is 7.89. The van der Waals surface area contributed by atoms with Crippen molar-refractivity contribution in [2.75, 3.05) is 46.3 Å². The molecule has 3 aromatic rings. The number of hydrogen-bond donors (Lipinski definition) is 1. The molecule has 0 amide bonds. The van der Waals surface area contributed by atoms with Crippen molar-refractivity contribution in [2.24, 2.45) is 0 Å². The summed E-state index contributed by atoms with van der Waals surface area (Å²) in [6.45, 7) is 1.88. The molecule has 1 aliphatic heterocycles. The number of nitrogens with one attached hydrogen (secondary N) is 1. The third-order valence-electron chi connectivity index (χ3n) is 6.53. The van der Waals surface area contributed by atoms with Gasteiger partial charge in [-0.2, -0.15) is 0 Å². The molecule has 0 saturated carbocycles. The van der Waals surface area contributed by atoms with Gasteiger partial charge in [-0.3, -0.25) is 4.90 Å². The fourth-order valence-corrected chi connectivity index (χ4v) is 5.54. The molecule has 8 heteroatoms. The summed E-state index contributed by atoms with van der Waals surface area (Å²) in [5, 5.41) is 0. The summed E-state index contributed by atoms with van der Waals surface area (Å²) in [6.07, 6.45) is 0.935. The topological polar surface area (TPSA) is 71.1 Å². The van der Waals surface area contributed by atoms with Crippen LogP contribution < -0.4 is 19.1 Å². The van der Waals surface area contributed by atoms with E-state index in [1.165, 1.54) is 37.5 Å². The minimum Gasteiger partial charge on any atom is -0.493 e. The van der Waals surface area contributed by atoms with Crippen molar-refractivity contribution in [3.05, 3.63) is 83.4 Å². The van der Waals surface area contributed by atoms with Crippen molar-refractivity contribution in [3.63, 3.8) is 0 Å². The Morgan fingerprint density at radius 3 is 2.29 bits per heavy atom. The summed E-state index contributed by atoms with van der Waals surface area (Å²) in [4.78, 5) is 4.54. The first-order chi connectivity index (χ1) is 16.8. The Bertz CT molecular complexity index is 1260. The Morgan fingerprint density at radius 2 is 1.63 bits per heavy atom. The van der Waals surface area contributed by atoms with Crippen LogP contribution in [0.15, 0.2) is 71.6 Å². The summed E-state index contributed by atoms with van der Waals surface area (Å²) < 4.78 is 39.8. The number of ether oxygens (including phenoxy) is 2. The monoisotopic (exact) mass is 495 g/mol. The minimum absolute atomic E-state index is 0.116. The van der Waals surface area contributed by atoms with Crippen molar-refractivity contribution >= 4 is 15.7 Å². The van der Waals surface area contributed by atoms with Crippen molar-refractivity contribution in [1.82, 2.24) is 9.62 Å². The summed E-state index contributed by atoms with van der Waals surface area (Å²) in [6, 6.07) is 21.3. The highest BCUT2D eigenvalue weighted by Gasteiger charge is 2.27. The molecule has 1 heterocycles. The number of methoxy groups -OCH3 is 2. The number of rotatable bonds is 9. The molecule has 0 spiro atoms. The number of nitrogens with zero attached hydrogens (tertiary/aromatic N) is 2. The Balaban J connectivity index is 1.60. The molecular weight excluding hydrogens is 462 g/mol. The maximum atomic E-state index is 13.2. The van der Waals surface area contributed by atoms with E-state index in [9.17, 15) is 8.42 Å². The lowest BCUT2D eigenvalue weighted by Crippen LogP contribution is -2.40. The van der Waals surface area contributed by atoms with E-state index < -0.39 is 10.0 Å². The van der Waals surface area contributed by atoms with E-state index in [0.29, 0.717) is 11.5 Å². The second kappa shape index (κ2) is 10.7. The standard InChI is InChI=1S/C27H33N3O4S/c1-29(2)23-11-9-21(10-12-23)25(30-16-15-20-7-5-6-8-22(20)19-30)18-28-35(31,32)24-13-14-26(33-3)27(17-24)34-4/h5-14,17,25,28H,15-16,18-19H2,1-4H3/t25-/m1/s1. The first-order valence-corrected chi connectivity index (χ1v) is 13.1.